The zero-order chi connectivity index (χ0) is 24.3. The number of halogens is 3. The number of hydrogen-bond donors (Lipinski definition) is 0. The molecule has 4 aromatic rings. The van der Waals surface area contributed by atoms with Crippen molar-refractivity contribution in [2.24, 2.45) is 7.05 Å². The molecule has 4 rings (SSSR count). The molecule has 176 valence electrons. The van der Waals surface area contributed by atoms with Crippen LogP contribution in [0.5, 0.6) is 11.6 Å². The van der Waals surface area contributed by atoms with E-state index < -0.39 is 11.7 Å². The van der Waals surface area contributed by atoms with Gasteiger partial charge in [-0.2, -0.15) is 23.3 Å². The highest BCUT2D eigenvalue weighted by atomic mass is 19.4. The van der Waals surface area contributed by atoms with E-state index in [2.05, 4.69) is 10.1 Å². The van der Waals surface area contributed by atoms with E-state index in [-0.39, 0.29) is 41.4 Å². The maximum Gasteiger partial charge on any atom is 0.417 e. The monoisotopic (exact) mass is 469 g/mol. The number of fused-ring (bicyclic) bond motifs is 1. The number of ketones is 1. The molecule has 0 radical (unpaired) electrons. The summed E-state index contributed by atoms with van der Waals surface area (Å²) in [5, 5.41) is 4.16. The van der Waals surface area contributed by atoms with Crippen LogP contribution in [0.2, 0.25) is 0 Å². The van der Waals surface area contributed by atoms with Crippen molar-refractivity contribution in [3.05, 3.63) is 71.8 Å². The number of carbonyl (C=O) groups excluding carboxylic acids is 1. The Kier molecular flexibility index (Phi) is 6.54. The third-order valence-electron chi connectivity index (χ3n) is 5.36. The first-order valence-corrected chi connectivity index (χ1v) is 10.5. The summed E-state index contributed by atoms with van der Waals surface area (Å²) in [7, 11) is 3.09. The lowest BCUT2D eigenvalue weighted by atomic mass is 10.0. The second-order valence-corrected chi connectivity index (χ2v) is 7.72. The van der Waals surface area contributed by atoms with E-state index in [1.807, 2.05) is 12.1 Å². The van der Waals surface area contributed by atoms with E-state index >= 15 is 0 Å². The molecule has 0 unspecified atom stereocenters. The van der Waals surface area contributed by atoms with Gasteiger partial charge in [0.25, 0.3) is 0 Å². The molecule has 0 bridgehead atoms. The van der Waals surface area contributed by atoms with E-state index in [1.165, 1.54) is 11.7 Å². The van der Waals surface area contributed by atoms with E-state index in [1.54, 1.807) is 49.6 Å². The first kappa shape index (κ1) is 23.3. The highest BCUT2D eigenvalue weighted by Crippen LogP contribution is 2.40. The normalized spacial score (nSPS) is 11.6. The van der Waals surface area contributed by atoms with Crippen molar-refractivity contribution in [3.8, 4) is 22.9 Å². The van der Waals surface area contributed by atoms with Crippen LogP contribution in [-0.4, -0.2) is 34.3 Å². The van der Waals surface area contributed by atoms with Gasteiger partial charge in [0, 0.05) is 25.1 Å². The molecule has 0 saturated carbocycles. The maximum atomic E-state index is 14.0. The second kappa shape index (κ2) is 9.54. The summed E-state index contributed by atoms with van der Waals surface area (Å²) in [4.78, 5) is 16.5. The number of aromatic nitrogens is 3. The number of pyridine rings is 1. The molecule has 0 aliphatic heterocycles. The Labute approximate surface area is 193 Å². The van der Waals surface area contributed by atoms with Crippen LogP contribution in [0.4, 0.5) is 13.2 Å². The van der Waals surface area contributed by atoms with Gasteiger partial charge in [-0.1, -0.05) is 42.5 Å². The van der Waals surface area contributed by atoms with Crippen LogP contribution in [0.1, 0.15) is 17.5 Å². The number of hydrogen-bond acceptors (Lipinski definition) is 5. The number of nitrogens with zero attached hydrogens (tertiary/aromatic N) is 3. The summed E-state index contributed by atoms with van der Waals surface area (Å²) < 4.78 is 53.7. The first-order chi connectivity index (χ1) is 16.3. The lowest BCUT2D eigenvalue weighted by Gasteiger charge is -2.12. The number of ether oxygens (including phenoxy) is 2. The molecule has 34 heavy (non-hydrogen) atoms. The Morgan fingerprint density at radius 2 is 1.76 bits per heavy atom. The minimum atomic E-state index is -4.66. The van der Waals surface area contributed by atoms with E-state index in [0.717, 1.165) is 11.6 Å². The van der Waals surface area contributed by atoms with Crippen LogP contribution >= 0.6 is 0 Å². The van der Waals surface area contributed by atoms with Crippen molar-refractivity contribution in [3.63, 3.8) is 0 Å². The summed E-state index contributed by atoms with van der Waals surface area (Å²) in [5.41, 5.74) is 0.777. The predicted octanol–water partition coefficient (Wildman–Crippen LogP) is 5.24. The summed E-state index contributed by atoms with van der Waals surface area (Å²) in [6.07, 6.45) is -4.00. The molecular formula is C25H22F3N3O3. The molecule has 9 heteroatoms. The van der Waals surface area contributed by atoms with Crippen LogP contribution < -0.4 is 9.47 Å². The quantitative estimate of drug-likeness (QED) is 0.353. The van der Waals surface area contributed by atoms with Gasteiger partial charge in [0.05, 0.1) is 18.1 Å². The number of carbonyl (C=O) groups is 1. The Hall–Kier alpha value is -3.88. The molecular weight excluding hydrogens is 447 g/mol. The SMILES string of the molecule is COc1ccc(CCC(=O)COc2cc(C(F)(F)F)c3c(-c4ccccc4)nn(C)c3n2)cc1. The molecule has 2 aromatic carbocycles. The van der Waals surface area contributed by atoms with Crippen LogP contribution in [-0.2, 0) is 24.4 Å². The number of Topliss-reactive ketones (excluding diaryl/α,β-unsaturated/α-hetero) is 1. The Morgan fingerprint density at radius 3 is 2.41 bits per heavy atom. The van der Waals surface area contributed by atoms with E-state index in [0.29, 0.717) is 17.7 Å². The Balaban J connectivity index is 1.55. The second-order valence-electron chi connectivity index (χ2n) is 7.72. The molecule has 0 amide bonds. The van der Waals surface area contributed by atoms with Gasteiger partial charge in [0.1, 0.15) is 18.1 Å². The Morgan fingerprint density at radius 1 is 1.06 bits per heavy atom. The summed E-state index contributed by atoms with van der Waals surface area (Å²) in [5.74, 6) is 0.187. The topological polar surface area (TPSA) is 66.2 Å². The summed E-state index contributed by atoms with van der Waals surface area (Å²) >= 11 is 0. The van der Waals surface area contributed by atoms with Gasteiger partial charge in [-0.15, -0.1) is 0 Å². The van der Waals surface area contributed by atoms with Gasteiger partial charge in [-0.25, -0.2) is 4.68 Å². The predicted molar refractivity (Wildman–Crippen MR) is 121 cm³/mol. The molecule has 0 fully saturated rings. The molecule has 0 N–H and O–H groups in total. The standard InChI is InChI=1S/C25H22F3N3O3/c1-31-24-22(23(30-31)17-6-4-3-5-7-17)20(25(26,27)28)14-21(29-24)34-15-18(32)11-8-16-9-12-19(33-2)13-10-16/h3-7,9-10,12-14H,8,11,15H2,1-2H3. The Bertz CT molecular complexity index is 1300. The zero-order valence-corrected chi connectivity index (χ0v) is 18.6. The molecule has 2 heterocycles. The average molecular weight is 469 g/mol. The van der Waals surface area contributed by atoms with Gasteiger partial charge in [0.2, 0.25) is 5.88 Å². The minimum absolute atomic E-state index is 0.0226. The van der Waals surface area contributed by atoms with Crippen molar-refractivity contribution in [1.29, 1.82) is 0 Å². The fourth-order valence-electron chi connectivity index (χ4n) is 3.62. The largest absolute Gasteiger partial charge is 0.497 e. The highest BCUT2D eigenvalue weighted by Gasteiger charge is 2.36. The van der Waals surface area contributed by atoms with Gasteiger partial charge in [0.15, 0.2) is 11.4 Å². The van der Waals surface area contributed by atoms with E-state index in [9.17, 15) is 18.0 Å². The molecule has 6 nitrogen and oxygen atoms in total. The van der Waals surface area contributed by atoms with Crippen molar-refractivity contribution >= 4 is 16.8 Å². The van der Waals surface area contributed by atoms with Gasteiger partial charge in [-0.05, 0) is 24.1 Å². The number of rotatable bonds is 8. The molecule has 0 aliphatic rings. The molecule has 0 aliphatic carbocycles. The summed E-state index contributed by atoms with van der Waals surface area (Å²) in [6, 6.07) is 16.7. The lowest BCUT2D eigenvalue weighted by molar-refractivity contribution is -0.136. The van der Waals surface area contributed by atoms with Crippen molar-refractivity contribution in [2.45, 2.75) is 19.0 Å². The molecule has 0 saturated heterocycles. The van der Waals surface area contributed by atoms with Gasteiger partial charge in [-0.3, -0.25) is 4.79 Å². The molecule has 2 aromatic heterocycles. The molecule has 0 spiro atoms. The van der Waals surface area contributed by atoms with Gasteiger partial charge >= 0.3 is 6.18 Å². The van der Waals surface area contributed by atoms with E-state index in [4.69, 9.17) is 9.47 Å². The van der Waals surface area contributed by atoms with Gasteiger partial charge < -0.3 is 9.47 Å². The number of benzene rings is 2. The highest BCUT2D eigenvalue weighted by molar-refractivity contribution is 5.94. The third-order valence-corrected chi connectivity index (χ3v) is 5.36. The van der Waals surface area contributed by atoms with Crippen LogP contribution in [0.15, 0.2) is 60.7 Å². The number of aryl methyl sites for hydroxylation is 2. The minimum Gasteiger partial charge on any atom is -0.497 e. The first-order valence-electron chi connectivity index (χ1n) is 10.5. The number of methoxy groups -OCH3 is 1. The van der Waals surface area contributed by atoms with Crippen LogP contribution in [0.3, 0.4) is 0 Å². The zero-order valence-electron chi connectivity index (χ0n) is 18.6. The van der Waals surface area contributed by atoms with Crippen molar-refractivity contribution < 1.29 is 27.4 Å². The molecule has 0 atom stereocenters. The smallest absolute Gasteiger partial charge is 0.417 e. The van der Waals surface area contributed by atoms with Crippen LogP contribution in [0.25, 0.3) is 22.3 Å². The third kappa shape index (κ3) is 5.03. The fourth-order valence-corrected chi connectivity index (χ4v) is 3.62. The fraction of sp³-hybridized carbons (Fsp3) is 0.240. The summed E-state index contributed by atoms with van der Waals surface area (Å²) in [6.45, 7) is -0.380. The van der Waals surface area contributed by atoms with Crippen molar-refractivity contribution in [1.82, 2.24) is 14.8 Å². The average Bonchev–Trinajstić information content (AvgIpc) is 3.17. The van der Waals surface area contributed by atoms with Crippen LogP contribution in [0, 0.1) is 0 Å². The lowest BCUT2D eigenvalue weighted by Crippen LogP contribution is -2.14. The van der Waals surface area contributed by atoms with Crippen molar-refractivity contribution in [2.75, 3.05) is 13.7 Å². The number of alkyl halides is 3. The maximum absolute atomic E-state index is 14.0.